The first kappa shape index (κ1) is 27.4. The fraction of sp³-hybridized carbons (Fsp3) is 0.364. The predicted molar refractivity (Wildman–Crippen MR) is 155 cm³/mol. The summed E-state index contributed by atoms with van der Waals surface area (Å²) in [5, 5.41) is 4.17. The third-order valence-electron chi connectivity index (χ3n) is 8.31. The summed E-state index contributed by atoms with van der Waals surface area (Å²) in [7, 11) is 1.61. The summed E-state index contributed by atoms with van der Waals surface area (Å²) in [6.07, 6.45) is 9.15. The van der Waals surface area contributed by atoms with Crippen molar-refractivity contribution in [3.63, 3.8) is 0 Å². The van der Waals surface area contributed by atoms with Gasteiger partial charge in [-0.15, -0.1) is 0 Å². The molecule has 7 nitrogen and oxygen atoms in total. The fourth-order valence-corrected chi connectivity index (χ4v) is 5.81. The summed E-state index contributed by atoms with van der Waals surface area (Å²) >= 11 is 0. The van der Waals surface area contributed by atoms with Crippen LogP contribution in [-0.4, -0.2) is 35.5 Å². The Bertz CT molecular complexity index is 1440. The molecule has 2 heterocycles. The number of nitrogens with zero attached hydrogens (tertiary/aromatic N) is 1. The highest BCUT2D eigenvalue weighted by Gasteiger charge is 2.45. The zero-order chi connectivity index (χ0) is 28.0. The van der Waals surface area contributed by atoms with Gasteiger partial charge in [-0.3, -0.25) is 14.6 Å². The Morgan fingerprint density at radius 3 is 2.48 bits per heavy atom. The van der Waals surface area contributed by atoms with Crippen molar-refractivity contribution in [1.29, 1.82) is 0 Å². The van der Waals surface area contributed by atoms with Crippen LogP contribution in [0.5, 0.6) is 5.75 Å². The number of H-pyrrole nitrogens is 1. The number of aromatic amines is 1. The summed E-state index contributed by atoms with van der Waals surface area (Å²) in [4.78, 5) is 35.7. The van der Waals surface area contributed by atoms with Crippen molar-refractivity contribution in [3.8, 4) is 5.75 Å². The molecule has 1 atom stereocenters. The Hall–Kier alpha value is -4.13. The van der Waals surface area contributed by atoms with E-state index in [2.05, 4.69) is 15.3 Å². The maximum Gasteiger partial charge on any atom is 0.322 e. The Labute approximate surface area is 235 Å². The molecule has 7 heteroatoms. The molecule has 0 aliphatic heterocycles. The molecule has 1 aliphatic carbocycles. The van der Waals surface area contributed by atoms with Crippen LogP contribution >= 0.6 is 0 Å². The lowest BCUT2D eigenvalue weighted by Crippen LogP contribution is -2.51. The van der Waals surface area contributed by atoms with Crippen molar-refractivity contribution in [2.24, 2.45) is 5.41 Å². The van der Waals surface area contributed by atoms with Crippen molar-refractivity contribution >= 4 is 22.8 Å². The van der Waals surface area contributed by atoms with Crippen molar-refractivity contribution in [2.45, 2.75) is 57.5 Å². The molecule has 1 aliphatic rings. The van der Waals surface area contributed by atoms with Crippen LogP contribution in [0.1, 0.15) is 55.8 Å². The van der Waals surface area contributed by atoms with Crippen LogP contribution in [0.15, 0.2) is 79.1 Å². The van der Waals surface area contributed by atoms with E-state index < -0.39 is 11.4 Å². The fourth-order valence-electron chi connectivity index (χ4n) is 5.81. The van der Waals surface area contributed by atoms with Crippen LogP contribution in [0.3, 0.4) is 0 Å². The average molecular weight is 540 g/mol. The zero-order valence-electron chi connectivity index (χ0n) is 23.2. The van der Waals surface area contributed by atoms with Gasteiger partial charge in [0, 0.05) is 41.0 Å². The molecule has 0 bridgehead atoms. The van der Waals surface area contributed by atoms with Crippen molar-refractivity contribution in [1.82, 2.24) is 15.3 Å². The topological polar surface area (TPSA) is 93.3 Å². The lowest BCUT2D eigenvalue weighted by atomic mass is 9.71. The number of carbonyl (C=O) groups is 2. The van der Waals surface area contributed by atoms with Gasteiger partial charge in [-0.25, -0.2) is 0 Å². The molecule has 0 saturated heterocycles. The first-order valence-corrected chi connectivity index (χ1v) is 14.0. The summed E-state index contributed by atoms with van der Waals surface area (Å²) < 4.78 is 11.0. The number of ether oxygens (including phenoxy) is 2. The van der Waals surface area contributed by atoms with Gasteiger partial charge in [0.2, 0.25) is 5.91 Å². The summed E-state index contributed by atoms with van der Waals surface area (Å²) in [6.45, 7) is 2.18. The minimum absolute atomic E-state index is 0.0669. The summed E-state index contributed by atoms with van der Waals surface area (Å²) in [6, 6.07) is 21.2. The predicted octanol–water partition coefficient (Wildman–Crippen LogP) is 5.88. The van der Waals surface area contributed by atoms with Gasteiger partial charge in [0.25, 0.3) is 0 Å². The number of hydrogen-bond acceptors (Lipinski definition) is 5. The minimum Gasteiger partial charge on any atom is -0.497 e. The van der Waals surface area contributed by atoms with Gasteiger partial charge >= 0.3 is 5.97 Å². The van der Waals surface area contributed by atoms with Crippen LogP contribution in [0.25, 0.3) is 10.9 Å². The molecular weight excluding hydrogens is 502 g/mol. The monoisotopic (exact) mass is 539 g/mol. The largest absolute Gasteiger partial charge is 0.497 e. The second-order valence-electron chi connectivity index (χ2n) is 11.0. The number of hydrogen-bond donors (Lipinski definition) is 2. The van der Waals surface area contributed by atoms with E-state index in [4.69, 9.17) is 9.47 Å². The first-order chi connectivity index (χ1) is 19.4. The van der Waals surface area contributed by atoms with Gasteiger partial charge in [0.1, 0.15) is 17.8 Å². The third kappa shape index (κ3) is 5.74. The number of carbonyl (C=O) groups excluding carboxylic acids is 2. The molecule has 2 aromatic carbocycles. The van der Waals surface area contributed by atoms with Crippen molar-refractivity contribution < 1.29 is 19.1 Å². The number of amides is 1. The quantitative estimate of drug-likeness (QED) is 0.194. The molecule has 0 unspecified atom stereocenters. The van der Waals surface area contributed by atoms with E-state index in [-0.39, 0.29) is 24.3 Å². The minimum atomic E-state index is -1.43. The van der Waals surface area contributed by atoms with Crippen LogP contribution in [-0.2, 0) is 32.8 Å². The number of esters is 1. The van der Waals surface area contributed by atoms with Gasteiger partial charge < -0.3 is 19.8 Å². The number of aromatic nitrogens is 2. The van der Waals surface area contributed by atoms with E-state index >= 15 is 0 Å². The molecule has 0 spiro atoms. The number of nitrogens with one attached hydrogen (secondary N) is 2. The van der Waals surface area contributed by atoms with Crippen molar-refractivity contribution in [3.05, 3.63) is 95.9 Å². The second kappa shape index (κ2) is 11.9. The lowest BCUT2D eigenvalue weighted by molar-refractivity contribution is -0.161. The highest BCUT2D eigenvalue weighted by atomic mass is 16.5. The maximum absolute atomic E-state index is 14.0. The number of pyridine rings is 1. The lowest BCUT2D eigenvalue weighted by Gasteiger charge is -2.38. The SMILES string of the molecule is COc1ccc(COC(=O)[C@@](C)(Cc2c[nH]c3ccccc23)C(=O)NCC2(c3ccccn3)CCCCC2)cc1. The molecule has 1 saturated carbocycles. The van der Waals surface area contributed by atoms with E-state index in [1.54, 1.807) is 14.0 Å². The van der Waals surface area contributed by atoms with Crippen LogP contribution in [0, 0.1) is 5.41 Å². The first-order valence-electron chi connectivity index (χ1n) is 14.0. The van der Waals surface area contributed by atoms with E-state index in [0.717, 1.165) is 59.2 Å². The zero-order valence-corrected chi connectivity index (χ0v) is 23.2. The van der Waals surface area contributed by atoms with E-state index in [9.17, 15) is 9.59 Å². The van der Waals surface area contributed by atoms with Gasteiger partial charge in [-0.2, -0.15) is 0 Å². The number of fused-ring (bicyclic) bond motifs is 1. The van der Waals surface area contributed by atoms with Gasteiger partial charge in [-0.05, 0) is 67.6 Å². The maximum atomic E-state index is 14.0. The standard InChI is InChI=1S/C33H37N3O4/c1-32(20-25-21-35-28-11-5-4-10-27(25)28,31(38)40-22-24-13-15-26(39-2)16-14-24)30(37)36-23-33(17-7-3-8-18-33)29-12-6-9-19-34-29/h4-6,9-16,19,21,35H,3,7-8,17-18,20,22-23H2,1-2H3,(H,36,37)/t32-/m0/s1. The van der Waals surface area contributed by atoms with Crippen molar-refractivity contribution in [2.75, 3.05) is 13.7 Å². The molecule has 1 amide bonds. The highest BCUT2D eigenvalue weighted by molar-refractivity contribution is 6.03. The third-order valence-corrected chi connectivity index (χ3v) is 8.31. The highest BCUT2D eigenvalue weighted by Crippen LogP contribution is 2.38. The molecule has 2 N–H and O–H groups in total. The molecule has 1 fully saturated rings. The number of rotatable bonds is 10. The van der Waals surface area contributed by atoms with Crippen LogP contribution < -0.4 is 10.1 Å². The Morgan fingerprint density at radius 2 is 1.75 bits per heavy atom. The Kier molecular flexibility index (Phi) is 8.19. The van der Waals surface area contributed by atoms with Gasteiger partial charge in [0.05, 0.1) is 7.11 Å². The van der Waals surface area contributed by atoms with Crippen LogP contribution in [0.4, 0.5) is 0 Å². The Balaban J connectivity index is 1.39. The molecule has 0 radical (unpaired) electrons. The van der Waals surface area contributed by atoms with Gasteiger partial charge in [-0.1, -0.05) is 55.7 Å². The van der Waals surface area contributed by atoms with E-state index in [1.807, 2.05) is 79.1 Å². The molecule has 5 rings (SSSR count). The number of methoxy groups -OCH3 is 1. The summed E-state index contributed by atoms with van der Waals surface area (Å²) in [5.41, 5.74) is 1.99. The van der Waals surface area contributed by atoms with Crippen LogP contribution in [0.2, 0.25) is 0 Å². The second-order valence-corrected chi connectivity index (χ2v) is 11.0. The average Bonchev–Trinajstić information content (AvgIpc) is 3.42. The van der Waals surface area contributed by atoms with Gasteiger partial charge in [0.15, 0.2) is 0 Å². The van der Waals surface area contributed by atoms with E-state index in [0.29, 0.717) is 6.54 Å². The van der Waals surface area contributed by atoms with E-state index in [1.165, 1.54) is 6.42 Å². The summed E-state index contributed by atoms with van der Waals surface area (Å²) in [5.74, 6) is -0.164. The Morgan fingerprint density at radius 1 is 1.00 bits per heavy atom. The molecule has 208 valence electrons. The number of benzene rings is 2. The normalized spacial score (nSPS) is 16.1. The smallest absolute Gasteiger partial charge is 0.322 e. The number of para-hydroxylation sites is 1. The molecule has 2 aromatic heterocycles. The molecule has 4 aromatic rings. The molecular formula is C33H37N3O4. The molecule has 40 heavy (non-hydrogen) atoms.